The fraction of sp³-hybridized carbons (Fsp3) is 0.875. The molecule has 0 rings (SSSR count). The van der Waals surface area contributed by atoms with Gasteiger partial charge >= 0.3 is 11.9 Å². The maximum atomic E-state index is 11.6. The van der Waals surface area contributed by atoms with Gasteiger partial charge in [0.2, 0.25) is 0 Å². The number of esters is 2. The molecular weight excluding hydrogens is 256 g/mol. The molecule has 0 saturated carbocycles. The first-order valence-corrected chi connectivity index (χ1v) is 7.66. The van der Waals surface area contributed by atoms with E-state index in [2.05, 4.69) is 13.8 Å². The van der Waals surface area contributed by atoms with Gasteiger partial charge in [0.25, 0.3) is 0 Å². The number of hydrogen-bond acceptors (Lipinski definition) is 4. The van der Waals surface area contributed by atoms with Crippen LogP contribution in [0.4, 0.5) is 0 Å². The topological polar surface area (TPSA) is 52.6 Å². The van der Waals surface area contributed by atoms with E-state index in [1.54, 1.807) is 0 Å². The predicted molar refractivity (Wildman–Crippen MR) is 79.3 cm³/mol. The smallest absolute Gasteiger partial charge is 0.306 e. The van der Waals surface area contributed by atoms with Gasteiger partial charge < -0.3 is 9.47 Å². The second-order valence-corrected chi connectivity index (χ2v) is 6.21. The van der Waals surface area contributed by atoms with Crippen molar-refractivity contribution in [1.82, 2.24) is 0 Å². The Morgan fingerprint density at radius 3 is 1.90 bits per heavy atom. The molecule has 0 fully saturated rings. The molecule has 0 aliphatic rings. The van der Waals surface area contributed by atoms with Gasteiger partial charge in [-0.1, -0.05) is 27.7 Å². The van der Waals surface area contributed by atoms with E-state index in [1.165, 1.54) is 0 Å². The SMILES string of the molecule is CC(C)COC(=O)CCCCC(=O)OC(C)CC(C)C. The predicted octanol–water partition coefficient (Wildman–Crippen LogP) is 3.72. The van der Waals surface area contributed by atoms with E-state index in [0.717, 1.165) is 6.42 Å². The van der Waals surface area contributed by atoms with Crippen molar-refractivity contribution in [2.75, 3.05) is 6.61 Å². The van der Waals surface area contributed by atoms with Crippen LogP contribution in [-0.4, -0.2) is 24.6 Å². The molecule has 0 spiro atoms. The largest absolute Gasteiger partial charge is 0.465 e. The van der Waals surface area contributed by atoms with E-state index < -0.39 is 0 Å². The van der Waals surface area contributed by atoms with Crippen LogP contribution in [0.1, 0.15) is 66.7 Å². The Morgan fingerprint density at radius 1 is 0.850 bits per heavy atom. The van der Waals surface area contributed by atoms with Crippen LogP contribution in [0.25, 0.3) is 0 Å². The van der Waals surface area contributed by atoms with Crippen molar-refractivity contribution >= 4 is 11.9 Å². The van der Waals surface area contributed by atoms with Crippen LogP contribution in [0.15, 0.2) is 0 Å². The Balaban J connectivity index is 3.59. The number of hydrogen-bond donors (Lipinski definition) is 0. The van der Waals surface area contributed by atoms with Crippen molar-refractivity contribution in [2.24, 2.45) is 11.8 Å². The number of rotatable bonds is 10. The molecule has 4 nitrogen and oxygen atoms in total. The lowest BCUT2D eigenvalue weighted by Crippen LogP contribution is -2.16. The molecule has 0 bridgehead atoms. The number of unbranched alkanes of at least 4 members (excludes halogenated alkanes) is 1. The highest BCUT2D eigenvalue weighted by Crippen LogP contribution is 2.10. The third-order valence-corrected chi connectivity index (χ3v) is 2.73. The molecule has 0 aromatic heterocycles. The first kappa shape index (κ1) is 18.9. The number of carbonyl (C=O) groups is 2. The van der Waals surface area contributed by atoms with Gasteiger partial charge in [-0.2, -0.15) is 0 Å². The van der Waals surface area contributed by atoms with Gasteiger partial charge in [-0.15, -0.1) is 0 Å². The molecule has 0 amide bonds. The molecule has 0 heterocycles. The maximum absolute atomic E-state index is 11.6. The first-order chi connectivity index (χ1) is 9.31. The Bertz CT molecular complexity index is 284. The van der Waals surface area contributed by atoms with Crippen LogP contribution in [-0.2, 0) is 19.1 Å². The van der Waals surface area contributed by atoms with Gasteiger partial charge in [0.1, 0.15) is 0 Å². The monoisotopic (exact) mass is 286 g/mol. The molecule has 1 unspecified atom stereocenters. The fourth-order valence-corrected chi connectivity index (χ4v) is 1.87. The highest BCUT2D eigenvalue weighted by molar-refractivity contribution is 5.70. The zero-order chi connectivity index (χ0) is 15.5. The van der Waals surface area contributed by atoms with Gasteiger partial charge in [-0.25, -0.2) is 0 Å². The van der Waals surface area contributed by atoms with Crippen molar-refractivity contribution in [2.45, 2.75) is 72.8 Å². The molecular formula is C16H30O4. The minimum Gasteiger partial charge on any atom is -0.465 e. The van der Waals surface area contributed by atoms with Crippen LogP contribution in [0.2, 0.25) is 0 Å². The molecule has 1 atom stereocenters. The molecule has 118 valence electrons. The van der Waals surface area contributed by atoms with Crippen molar-refractivity contribution < 1.29 is 19.1 Å². The average molecular weight is 286 g/mol. The third kappa shape index (κ3) is 12.0. The van der Waals surface area contributed by atoms with Crippen LogP contribution >= 0.6 is 0 Å². The Morgan fingerprint density at radius 2 is 1.40 bits per heavy atom. The zero-order valence-corrected chi connectivity index (χ0v) is 13.6. The van der Waals surface area contributed by atoms with Crippen molar-refractivity contribution in [3.63, 3.8) is 0 Å². The normalized spacial score (nSPS) is 12.6. The van der Waals surface area contributed by atoms with Gasteiger partial charge in [0, 0.05) is 12.8 Å². The molecule has 4 heteroatoms. The summed E-state index contributed by atoms with van der Waals surface area (Å²) in [6.45, 7) is 10.6. The summed E-state index contributed by atoms with van der Waals surface area (Å²) in [5.74, 6) is 0.527. The van der Waals surface area contributed by atoms with Crippen LogP contribution in [0.5, 0.6) is 0 Å². The summed E-state index contributed by atoms with van der Waals surface area (Å²) in [5, 5.41) is 0. The van der Waals surface area contributed by atoms with Crippen LogP contribution in [0, 0.1) is 11.8 Å². The van der Waals surface area contributed by atoms with E-state index in [0.29, 0.717) is 44.1 Å². The number of carbonyl (C=O) groups excluding carboxylic acids is 2. The second-order valence-electron chi connectivity index (χ2n) is 6.21. The summed E-state index contributed by atoms with van der Waals surface area (Å²) < 4.78 is 10.4. The van der Waals surface area contributed by atoms with E-state index in [-0.39, 0.29) is 18.0 Å². The van der Waals surface area contributed by atoms with E-state index in [1.807, 2.05) is 20.8 Å². The van der Waals surface area contributed by atoms with Gasteiger partial charge in [-0.3, -0.25) is 9.59 Å². The van der Waals surface area contributed by atoms with Gasteiger partial charge in [0.05, 0.1) is 12.7 Å². The third-order valence-electron chi connectivity index (χ3n) is 2.73. The lowest BCUT2D eigenvalue weighted by atomic mass is 10.1. The standard InChI is InChI=1S/C16H30O4/c1-12(2)10-14(5)20-16(18)9-7-6-8-15(17)19-11-13(3)4/h12-14H,6-11H2,1-5H3. The van der Waals surface area contributed by atoms with Crippen molar-refractivity contribution in [1.29, 1.82) is 0 Å². The highest BCUT2D eigenvalue weighted by atomic mass is 16.5. The molecule has 0 radical (unpaired) electrons. The lowest BCUT2D eigenvalue weighted by Gasteiger charge is -2.15. The van der Waals surface area contributed by atoms with Gasteiger partial charge in [0.15, 0.2) is 0 Å². The fourth-order valence-electron chi connectivity index (χ4n) is 1.87. The van der Waals surface area contributed by atoms with E-state index in [4.69, 9.17) is 9.47 Å². The summed E-state index contributed by atoms with van der Waals surface area (Å²) in [4.78, 5) is 22.9. The first-order valence-electron chi connectivity index (χ1n) is 7.66. The molecule has 0 N–H and O–H groups in total. The van der Waals surface area contributed by atoms with Crippen molar-refractivity contribution in [3.05, 3.63) is 0 Å². The van der Waals surface area contributed by atoms with Gasteiger partial charge in [-0.05, 0) is 38.0 Å². The quantitative estimate of drug-likeness (QED) is 0.453. The summed E-state index contributed by atoms with van der Waals surface area (Å²) in [6, 6.07) is 0. The Kier molecular flexibility index (Phi) is 10.1. The van der Waals surface area contributed by atoms with E-state index >= 15 is 0 Å². The summed E-state index contributed by atoms with van der Waals surface area (Å²) >= 11 is 0. The molecule has 0 aliphatic heterocycles. The minimum atomic E-state index is -0.180. The summed E-state index contributed by atoms with van der Waals surface area (Å²) in [6.07, 6.45) is 2.95. The minimum absolute atomic E-state index is 0.0292. The maximum Gasteiger partial charge on any atom is 0.306 e. The number of ether oxygens (including phenoxy) is 2. The zero-order valence-electron chi connectivity index (χ0n) is 13.6. The molecule has 0 aliphatic carbocycles. The average Bonchev–Trinajstić information content (AvgIpc) is 2.30. The van der Waals surface area contributed by atoms with Crippen molar-refractivity contribution in [3.8, 4) is 0 Å². The Labute approximate surface area is 123 Å². The summed E-state index contributed by atoms with van der Waals surface area (Å²) in [5.41, 5.74) is 0. The summed E-state index contributed by atoms with van der Waals surface area (Å²) in [7, 11) is 0. The molecule has 0 aromatic rings. The second kappa shape index (κ2) is 10.7. The Hall–Kier alpha value is -1.06. The van der Waals surface area contributed by atoms with Crippen LogP contribution < -0.4 is 0 Å². The van der Waals surface area contributed by atoms with E-state index in [9.17, 15) is 9.59 Å². The molecule has 0 saturated heterocycles. The lowest BCUT2D eigenvalue weighted by molar-refractivity contribution is -0.149. The molecule has 20 heavy (non-hydrogen) atoms. The van der Waals surface area contributed by atoms with Crippen LogP contribution in [0.3, 0.4) is 0 Å². The highest BCUT2D eigenvalue weighted by Gasteiger charge is 2.11. The molecule has 0 aromatic carbocycles.